The SMILES string of the molecule is COc1ccc(-c2c(C(=O)O)cc(OC)c(OC)c2OC)c(C#N)c1. The first-order chi connectivity index (χ1) is 12.0. The molecule has 0 fully saturated rings. The monoisotopic (exact) mass is 343 g/mol. The second-order valence-corrected chi connectivity index (χ2v) is 4.90. The summed E-state index contributed by atoms with van der Waals surface area (Å²) < 4.78 is 21.0. The predicted molar refractivity (Wildman–Crippen MR) is 89.8 cm³/mol. The summed E-state index contributed by atoms with van der Waals surface area (Å²) in [6.07, 6.45) is 0. The van der Waals surface area contributed by atoms with Gasteiger partial charge < -0.3 is 24.1 Å². The molecule has 0 bridgehead atoms. The molecule has 0 atom stereocenters. The van der Waals surface area contributed by atoms with Gasteiger partial charge in [-0.25, -0.2) is 4.79 Å². The molecular weight excluding hydrogens is 326 g/mol. The second-order valence-electron chi connectivity index (χ2n) is 4.90. The van der Waals surface area contributed by atoms with Gasteiger partial charge in [0.25, 0.3) is 0 Å². The van der Waals surface area contributed by atoms with Crippen LogP contribution in [0.3, 0.4) is 0 Å². The van der Waals surface area contributed by atoms with Crippen molar-refractivity contribution in [3.05, 3.63) is 35.4 Å². The molecule has 2 rings (SSSR count). The van der Waals surface area contributed by atoms with Crippen molar-refractivity contribution in [1.82, 2.24) is 0 Å². The van der Waals surface area contributed by atoms with Crippen LogP contribution in [0, 0.1) is 11.3 Å². The number of rotatable bonds is 6. The molecular formula is C18H17NO6. The van der Waals surface area contributed by atoms with Gasteiger partial charge in [0.2, 0.25) is 5.75 Å². The van der Waals surface area contributed by atoms with Crippen LogP contribution in [-0.4, -0.2) is 39.5 Å². The standard InChI is InChI=1S/C18H17NO6/c1-22-11-5-6-12(10(7-11)9-19)15-13(18(20)21)8-14(23-2)16(24-3)17(15)25-4/h5-8H,1-4H3,(H,20,21). The fourth-order valence-electron chi connectivity index (χ4n) is 2.55. The normalized spacial score (nSPS) is 9.88. The summed E-state index contributed by atoms with van der Waals surface area (Å²) in [7, 11) is 5.69. The molecule has 0 heterocycles. The van der Waals surface area contributed by atoms with Crippen LogP contribution in [0.15, 0.2) is 24.3 Å². The predicted octanol–water partition coefficient (Wildman–Crippen LogP) is 2.96. The second kappa shape index (κ2) is 7.45. The number of carboxylic acid groups (broad SMARTS) is 1. The highest BCUT2D eigenvalue weighted by Gasteiger charge is 2.26. The largest absolute Gasteiger partial charge is 0.497 e. The van der Waals surface area contributed by atoms with Crippen molar-refractivity contribution in [3.63, 3.8) is 0 Å². The molecule has 0 spiro atoms. The Morgan fingerprint density at radius 2 is 1.68 bits per heavy atom. The van der Waals surface area contributed by atoms with E-state index in [0.717, 1.165) is 0 Å². The zero-order valence-corrected chi connectivity index (χ0v) is 14.2. The maximum absolute atomic E-state index is 11.8. The Morgan fingerprint density at radius 1 is 1.00 bits per heavy atom. The highest BCUT2D eigenvalue weighted by molar-refractivity contribution is 6.01. The van der Waals surface area contributed by atoms with Crippen molar-refractivity contribution in [2.45, 2.75) is 0 Å². The zero-order chi connectivity index (χ0) is 18.6. The van der Waals surface area contributed by atoms with E-state index in [9.17, 15) is 15.2 Å². The Balaban J connectivity index is 2.93. The summed E-state index contributed by atoms with van der Waals surface area (Å²) in [4.78, 5) is 11.8. The summed E-state index contributed by atoms with van der Waals surface area (Å²) in [5, 5.41) is 19.1. The van der Waals surface area contributed by atoms with Crippen LogP contribution in [0.2, 0.25) is 0 Å². The van der Waals surface area contributed by atoms with Crippen molar-refractivity contribution in [2.24, 2.45) is 0 Å². The summed E-state index contributed by atoms with van der Waals surface area (Å²) >= 11 is 0. The fourth-order valence-corrected chi connectivity index (χ4v) is 2.55. The molecule has 0 aliphatic heterocycles. The first-order valence-electron chi connectivity index (χ1n) is 7.17. The molecule has 7 heteroatoms. The van der Waals surface area contributed by atoms with E-state index in [1.165, 1.54) is 40.6 Å². The number of nitriles is 1. The Hall–Kier alpha value is -3.40. The number of methoxy groups -OCH3 is 4. The third-order valence-electron chi connectivity index (χ3n) is 3.68. The molecule has 0 saturated carbocycles. The fraction of sp³-hybridized carbons (Fsp3) is 0.222. The Morgan fingerprint density at radius 3 is 2.16 bits per heavy atom. The van der Waals surface area contributed by atoms with Gasteiger partial charge in [-0.05, 0) is 24.3 Å². The topological polar surface area (TPSA) is 98.0 Å². The first kappa shape index (κ1) is 17.9. The van der Waals surface area contributed by atoms with Crippen LogP contribution in [0.4, 0.5) is 0 Å². The van der Waals surface area contributed by atoms with Crippen molar-refractivity contribution in [1.29, 1.82) is 5.26 Å². The lowest BCUT2D eigenvalue weighted by Gasteiger charge is -2.19. The number of carbonyl (C=O) groups is 1. The van der Waals surface area contributed by atoms with E-state index in [2.05, 4.69) is 6.07 Å². The minimum atomic E-state index is -1.19. The average Bonchev–Trinajstić information content (AvgIpc) is 2.65. The molecule has 25 heavy (non-hydrogen) atoms. The number of carboxylic acids is 1. The van der Waals surface area contributed by atoms with E-state index in [1.807, 2.05) is 0 Å². The smallest absolute Gasteiger partial charge is 0.336 e. The van der Waals surface area contributed by atoms with E-state index in [-0.39, 0.29) is 33.9 Å². The van der Waals surface area contributed by atoms with Gasteiger partial charge >= 0.3 is 5.97 Å². The average molecular weight is 343 g/mol. The minimum absolute atomic E-state index is 0.0730. The molecule has 0 unspecified atom stereocenters. The lowest BCUT2D eigenvalue weighted by Crippen LogP contribution is -2.06. The summed E-state index contributed by atoms with van der Waals surface area (Å²) in [6, 6.07) is 8.16. The van der Waals surface area contributed by atoms with Gasteiger partial charge in [-0.2, -0.15) is 5.26 Å². The van der Waals surface area contributed by atoms with Gasteiger partial charge in [-0.15, -0.1) is 0 Å². The van der Waals surface area contributed by atoms with Crippen LogP contribution in [0.5, 0.6) is 23.0 Å². The maximum atomic E-state index is 11.8. The number of aromatic carboxylic acids is 1. The number of hydrogen-bond donors (Lipinski definition) is 1. The Labute approximate surface area is 144 Å². The van der Waals surface area contributed by atoms with E-state index >= 15 is 0 Å². The van der Waals surface area contributed by atoms with Gasteiger partial charge in [0.15, 0.2) is 11.5 Å². The molecule has 0 aromatic heterocycles. The molecule has 0 aliphatic rings. The van der Waals surface area contributed by atoms with Gasteiger partial charge in [-0.1, -0.05) is 0 Å². The first-order valence-corrected chi connectivity index (χ1v) is 7.17. The molecule has 1 N–H and O–H groups in total. The summed E-state index contributed by atoms with van der Waals surface area (Å²) in [5.41, 5.74) is 0.786. The minimum Gasteiger partial charge on any atom is -0.497 e. The van der Waals surface area contributed by atoms with Crippen LogP contribution >= 0.6 is 0 Å². The van der Waals surface area contributed by atoms with Crippen molar-refractivity contribution in [2.75, 3.05) is 28.4 Å². The van der Waals surface area contributed by atoms with Crippen molar-refractivity contribution < 1.29 is 28.8 Å². The van der Waals surface area contributed by atoms with Crippen LogP contribution in [-0.2, 0) is 0 Å². The summed E-state index contributed by atoms with van der Waals surface area (Å²) in [5.74, 6) is -0.0799. The molecule has 0 saturated heterocycles. The van der Waals surface area contributed by atoms with E-state index in [0.29, 0.717) is 11.3 Å². The maximum Gasteiger partial charge on any atom is 0.336 e. The third-order valence-corrected chi connectivity index (χ3v) is 3.68. The van der Waals surface area contributed by atoms with E-state index < -0.39 is 5.97 Å². The highest BCUT2D eigenvalue weighted by atomic mass is 16.5. The number of ether oxygens (including phenoxy) is 4. The van der Waals surface area contributed by atoms with Crippen LogP contribution in [0.1, 0.15) is 15.9 Å². The van der Waals surface area contributed by atoms with Crippen LogP contribution in [0.25, 0.3) is 11.1 Å². The molecule has 7 nitrogen and oxygen atoms in total. The number of nitrogens with zero attached hydrogens (tertiary/aromatic N) is 1. The third kappa shape index (κ3) is 3.15. The molecule has 0 radical (unpaired) electrons. The van der Waals surface area contributed by atoms with Gasteiger partial charge in [0, 0.05) is 11.1 Å². The Bertz CT molecular complexity index is 854. The summed E-state index contributed by atoms with van der Waals surface area (Å²) in [6.45, 7) is 0. The molecule has 130 valence electrons. The lowest BCUT2D eigenvalue weighted by molar-refractivity contribution is 0.0697. The number of benzene rings is 2. The van der Waals surface area contributed by atoms with Gasteiger partial charge in [0.1, 0.15) is 5.75 Å². The van der Waals surface area contributed by atoms with Crippen molar-refractivity contribution >= 4 is 5.97 Å². The van der Waals surface area contributed by atoms with E-state index in [4.69, 9.17) is 18.9 Å². The van der Waals surface area contributed by atoms with Crippen LogP contribution < -0.4 is 18.9 Å². The molecule has 2 aromatic rings. The molecule has 2 aromatic carbocycles. The highest BCUT2D eigenvalue weighted by Crippen LogP contribution is 2.47. The lowest BCUT2D eigenvalue weighted by atomic mass is 9.93. The quantitative estimate of drug-likeness (QED) is 0.861. The van der Waals surface area contributed by atoms with E-state index in [1.54, 1.807) is 12.1 Å². The molecule has 0 aliphatic carbocycles. The Kier molecular flexibility index (Phi) is 5.35. The van der Waals surface area contributed by atoms with Gasteiger partial charge in [-0.3, -0.25) is 0 Å². The van der Waals surface area contributed by atoms with Crippen molar-refractivity contribution in [3.8, 4) is 40.2 Å². The van der Waals surface area contributed by atoms with Gasteiger partial charge in [0.05, 0.1) is 45.6 Å². The number of hydrogen-bond acceptors (Lipinski definition) is 6. The molecule has 0 amide bonds. The zero-order valence-electron chi connectivity index (χ0n) is 14.2.